The van der Waals surface area contributed by atoms with Gasteiger partial charge in [0, 0.05) is 54.7 Å². The molecule has 2 heterocycles. The molecule has 9 aromatic carbocycles. The lowest BCUT2D eigenvalue weighted by atomic mass is 9.82. The minimum atomic E-state index is -0.152. The average molecular weight is 718 g/mol. The van der Waals surface area contributed by atoms with Crippen LogP contribution in [0.3, 0.4) is 0 Å². The van der Waals surface area contributed by atoms with Gasteiger partial charge in [-0.05, 0) is 81.1 Å². The van der Waals surface area contributed by atoms with Crippen molar-refractivity contribution in [3.63, 3.8) is 0 Å². The van der Waals surface area contributed by atoms with Crippen molar-refractivity contribution >= 4 is 82.5 Å². The maximum Gasteiger partial charge on any atom is 0.159 e. The molecule has 11 aromatic rings. The second-order valence-corrected chi connectivity index (χ2v) is 15.7. The monoisotopic (exact) mass is 717 g/mol. The lowest BCUT2D eigenvalue weighted by Crippen LogP contribution is -2.16. The van der Waals surface area contributed by atoms with Crippen LogP contribution in [0.25, 0.3) is 87.7 Å². The number of benzene rings is 9. The number of hydrogen-bond acceptors (Lipinski definition) is 3. The summed E-state index contributed by atoms with van der Waals surface area (Å²) in [6, 6.07) is 63.4. The van der Waals surface area contributed by atoms with Crippen molar-refractivity contribution in [3.8, 4) is 22.3 Å². The summed E-state index contributed by atoms with van der Waals surface area (Å²) >= 11 is 0. The minimum Gasteiger partial charge on any atom is -0.455 e. The lowest BCUT2D eigenvalue weighted by molar-refractivity contribution is 0.660. The summed E-state index contributed by atoms with van der Waals surface area (Å²) in [6.07, 6.45) is 0. The Bertz CT molecular complexity index is 3420. The van der Waals surface area contributed by atoms with E-state index in [1.807, 2.05) is 0 Å². The van der Waals surface area contributed by atoms with Crippen molar-refractivity contribution in [1.29, 1.82) is 0 Å². The van der Waals surface area contributed by atoms with E-state index in [0.717, 1.165) is 82.8 Å². The number of nitrogens with zero attached hydrogens (tertiary/aromatic N) is 1. The molecule has 0 amide bonds. The predicted octanol–water partition coefficient (Wildman–Crippen LogP) is 15.2. The Morgan fingerprint density at radius 1 is 0.375 bits per heavy atom. The minimum absolute atomic E-state index is 0.152. The number of fused-ring (bicyclic) bond motifs is 13. The number of para-hydroxylation sites is 2. The Labute approximate surface area is 323 Å². The normalized spacial score (nSPS) is 13.3. The van der Waals surface area contributed by atoms with Crippen molar-refractivity contribution in [3.05, 3.63) is 187 Å². The second kappa shape index (κ2) is 11.5. The van der Waals surface area contributed by atoms with Crippen molar-refractivity contribution < 1.29 is 8.83 Å². The summed E-state index contributed by atoms with van der Waals surface area (Å²) in [5.74, 6) is 0. The zero-order chi connectivity index (χ0) is 37.1. The van der Waals surface area contributed by atoms with Crippen LogP contribution in [0.1, 0.15) is 25.0 Å². The van der Waals surface area contributed by atoms with Gasteiger partial charge in [-0.25, -0.2) is 0 Å². The highest BCUT2D eigenvalue weighted by atomic mass is 16.3. The maximum absolute atomic E-state index is 6.99. The summed E-state index contributed by atoms with van der Waals surface area (Å²) < 4.78 is 13.8. The van der Waals surface area contributed by atoms with Crippen LogP contribution in [0.4, 0.5) is 17.1 Å². The first-order valence-electron chi connectivity index (χ1n) is 19.3. The molecule has 0 atom stereocenters. The fraction of sp³-hybridized carbons (Fsp3) is 0.0566. The topological polar surface area (TPSA) is 29.5 Å². The van der Waals surface area contributed by atoms with E-state index >= 15 is 0 Å². The third-order valence-electron chi connectivity index (χ3n) is 12.2. The number of anilines is 3. The van der Waals surface area contributed by atoms with Crippen LogP contribution in [-0.4, -0.2) is 0 Å². The Kier molecular flexibility index (Phi) is 6.40. The first kappa shape index (κ1) is 31.3. The molecule has 2 aromatic heterocycles. The van der Waals surface area contributed by atoms with Gasteiger partial charge in [0.25, 0.3) is 0 Å². The Hall–Kier alpha value is -7.10. The molecule has 0 fully saturated rings. The Morgan fingerprint density at radius 3 is 1.70 bits per heavy atom. The molecular weight excluding hydrogens is 683 g/mol. The van der Waals surface area contributed by atoms with E-state index in [1.54, 1.807) is 0 Å². The van der Waals surface area contributed by atoms with Crippen LogP contribution >= 0.6 is 0 Å². The molecule has 0 bridgehead atoms. The maximum atomic E-state index is 6.99. The second-order valence-electron chi connectivity index (χ2n) is 15.7. The number of hydrogen-bond donors (Lipinski definition) is 0. The molecule has 1 aliphatic carbocycles. The first-order valence-corrected chi connectivity index (χ1v) is 19.3. The number of rotatable bonds is 4. The molecule has 3 nitrogen and oxygen atoms in total. The third kappa shape index (κ3) is 4.34. The van der Waals surface area contributed by atoms with Gasteiger partial charge < -0.3 is 13.7 Å². The summed E-state index contributed by atoms with van der Waals surface area (Å²) in [5.41, 5.74) is 14.0. The zero-order valence-electron chi connectivity index (χ0n) is 31.0. The van der Waals surface area contributed by atoms with E-state index in [-0.39, 0.29) is 5.41 Å². The van der Waals surface area contributed by atoms with E-state index in [2.05, 4.69) is 195 Å². The third-order valence-corrected chi connectivity index (χ3v) is 12.2. The van der Waals surface area contributed by atoms with Gasteiger partial charge >= 0.3 is 0 Å². The van der Waals surface area contributed by atoms with Gasteiger partial charge in [0.15, 0.2) is 5.58 Å². The Morgan fingerprint density at radius 2 is 0.929 bits per heavy atom. The van der Waals surface area contributed by atoms with Crippen molar-refractivity contribution in [2.24, 2.45) is 0 Å². The molecule has 0 saturated heterocycles. The van der Waals surface area contributed by atoms with Gasteiger partial charge in [0.2, 0.25) is 0 Å². The molecule has 0 radical (unpaired) electrons. The van der Waals surface area contributed by atoms with Crippen LogP contribution in [0.15, 0.2) is 185 Å². The van der Waals surface area contributed by atoms with Gasteiger partial charge in [0.1, 0.15) is 16.7 Å². The van der Waals surface area contributed by atoms with E-state index < -0.39 is 0 Å². The molecule has 0 saturated carbocycles. The highest BCUT2D eigenvalue weighted by Gasteiger charge is 2.36. The molecule has 0 unspecified atom stereocenters. The molecule has 1 aliphatic rings. The summed E-state index contributed by atoms with van der Waals surface area (Å²) in [6.45, 7) is 4.68. The predicted molar refractivity (Wildman–Crippen MR) is 234 cm³/mol. The summed E-state index contributed by atoms with van der Waals surface area (Å²) in [4.78, 5) is 2.38. The fourth-order valence-corrected chi connectivity index (χ4v) is 9.51. The van der Waals surface area contributed by atoms with Crippen LogP contribution < -0.4 is 4.90 Å². The zero-order valence-corrected chi connectivity index (χ0v) is 31.0. The largest absolute Gasteiger partial charge is 0.455 e. The molecule has 0 aliphatic heterocycles. The quantitative estimate of drug-likeness (QED) is 0.182. The van der Waals surface area contributed by atoms with E-state index in [1.165, 1.54) is 33.0 Å². The van der Waals surface area contributed by atoms with Gasteiger partial charge in [-0.3, -0.25) is 0 Å². The fourth-order valence-electron chi connectivity index (χ4n) is 9.51. The molecule has 264 valence electrons. The summed E-state index contributed by atoms with van der Waals surface area (Å²) in [7, 11) is 0. The van der Waals surface area contributed by atoms with Gasteiger partial charge in [-0.1, -0.05) is 147 Å². The van der Waals surface area contributed by atoms with Crippen molar-refractivity contribution in [2.45, 2.75) is 19.3 Å². The van der Waals surface area contributed by atoms with Crippen molar-refractivity contribution in [1.82, 2.24) is 0 Å². The summed E-state index contributed by atoms with van der Waals surface area (Å²) in [5, 5.41) is 9.03. The highest BCUT2D eigenvalue weighted by Crippen LogP contribution is 2.52. The SMILES string of the molecule is CC1(C)c2ccccc2-c2ccc(N(c3cccc(-c4cccc5c4oc4c6ccccc6ccc54)c3)c3cccc4c3oc3c5ccccc5ccc43)cc21. The van der Waals surface area contributed by atoms with Crippen LogP contribution in [0.5, 0.6) is 0 Å². The molecule has 56 heavy (non-hydrogen) atoms. The van der Waals surface area contributed by atoms with Crippen LogP contribution in [0, 0.1) is 0 Å². The van der Waals surface area contributed by atoms with Gasteiger partial charge in [-0.2, -0.15) is 0 Å². The first-order chi connectivity index (χ1) is 27.5. The molecular formula is C53H35NO2. The van der Waals surface area contributed by atoms with E-state index in [4.69, 9.17) is 8.83 Å². The van der Waals surface area contributed by atoms with Gasteiger partial charge in [0.05, 0.1) is 5.69 Å². The van der Waals surface area contributed by atoms with Crippen LogP contribution in [-0.2, 0) is 5.41 Å². The molecule has 0 spiro atoms. The lowest BCUT2D eigenvalue weighted by Gasteiger charge is -2.28. The Balaban J connectivity index is 1.10. The standard InChI is InChI=1S/C53H35NO2/c1-53(2)46-22-8-7-18-40(46)41-29-26-36(31-47(41)53)54(48-23-11-21-43-45-28-25-33-13-4-6-17-38(33)50(45)56-52(43)48)35-15-9-14-34(30-35)39-19-10-20-42-44-27-24-32-12-3-5-16-37(32)49(44)55-51(39)42/h3-31H,1-2H3. The highest BCUT2D eigenvalue weighted by molar-refractivity contribution is 6.19. The molecule has 12 rings (SSSR count). The molecule has 3 heteroatoms. The smallest absolute Gasteiger partial charge is 0.159 e. The number of furan rings is 2. The van der Waals surface area contributed by atoms with Crippen LogP contribution in [0.2, 0.25) is 0 Å². The van der Waals surface area contributed by atoms with E-state index in [9.17, 15) is 0 Å². The van der Waals surface area contributed by atoms with E-state index in [0.29, 0.717) is 0 Å². The average Bonchev–Trinajstić information content (AvgIpc) is 3.90. The van der Waals surface area contributed by atoms with Crippen molar-refractivity contribution in [2.75, 3.05) is 4.90 Å². The molecule has 0 N–H and O–H groups in total. The van der Waals surface area contributed by atoms with Gasteiger partial charge in [-0.15, -0.1) is 0 Å².